The fraction of sp³-hybridized carbons (Fsp3) is 0.417. The Kier molecular flexibility index (Phi) is 5.30. The second kappa shape index (κ2) is 6.75. The Hall–Kier alpha value is -2.55. The molecule has 0 aliphatic heterocycles. The Morgan fingerprint density at radius 1 is 1.19 bits per heavy atom. The van der Waals surface area contributed by atoms with Crippen molar-refractivity contribution in [3.05, 3.63) is 44.0 Å². The Morgan fingerprint density at radius 2 is 1.67 bits per heavy atom. The first kappa shape index (κ1) is 16.5. The number of ether oxygens (including phenoxy) is 1. The molecule has 0 fully saturated rings. The van der Waals surface area contributed by atoms with E-state index in [-0.39, 0.29) is 18.2 Å². The average molecular weight is 297 g/mol. The molecule has 1 unspecified atom stereocenters. The lowest BCUT2D eigenvalue weighted by atomic mass is 10.2. The van der Waals surface area contributed by atoms with Crippen molar-refractivity contribution in [2.45, 2.75) is 13.0 Å². The molecule has 9 nitrogen and oxygen atoms in total. The summed E-state index contributed by atoms with van der Waals surface area (Å²) < 4.78 is 4.99. The van der Waals surface area contributed by atoms with Crippen LogP contribution in [0.25, 0.3) is 0 Å². The highest BCUT2D eigenvalue weighted by atomic mass is 16.6. The number of nitro groups is 2. The van der Waals surface area contributed by atoms with Crippen LogP contribution >= 0.6 is 0 Å². The molecule has 1 rings (SSSR count). The largest absolute Gasteiger partial charge is 0.460 e. The summed E-state index contributed by atoms with van der Waals surface area (Å²) in [6, 6.07) is 2.65. The molecule has 9 heteroatoms. The molecular formula is C12H15N3O6. The van der Waals surface area contributed by atoms with Gasteiger partial charge in [0, 0.05) is 18.2 Å². The molecule has 0 aliphatic rings. The van der Waals surface area contributed by atoms with E-state index in [0.29, 0.717) is 0 Å². The van der Waals surface area contributed by atoms with Crippen LogP contribution in [-0.2, 0) is 4.74 Å². The number of likely N-dealkylation sites (N-methyl/N-ethyl adjacent to an activating group) is 1. The van der Waals surface area contributed by atoms with E-state index < -0.39 is 27.2 Å². The van der Waals surface area contributed by atoms with Gasteiger partial charge in [0.05, 0.1) is 21.5 Å². The normalized spacial score (nSPS) is 12.0. The number of nitrogens with zero attached hydrogens (tertiary/aromatic N) is 3. The van der Waals surface area contributed by atoms with E-state index in [1.165, 1.54) is 0 Å². The Morgan fingerprint density at radius 3 is 2.05 bits per heavy atom. The van der Waals surface area contributed by atoms with E-state index in [0.717, 1.165) is 18.2 Å². The van der Waals surface area contributed by atoms with Crippen LogP contribution < -0.4 is 0 Å². The number of benzene rings is 1. The fourth-order valence-electron chi connectivity index (χ4n) is 1.35. The van der Waals surface area contributed by atoms with E-state index in [2.05, 4.69) is 0 Å². The SMILES string of the molecule is CC(COC(=O)c1cc([N+](=O)[O-])cc([N+](=O)[O-])c1)N(C)C. The first-order chi connectivity index (χ1) is 9.72. The molecule has 1 atom stereocenters. The van der Waals surface area contributed by atoms with Crippen molar-refractivity contribution in [2.75, 3.05) is 20.7 Å². The van der Waals surface area contributed by atoms with Crippen molar-refractivity contribution < 1.29 is 19.4 Å². The van der Waals surface area contributed by atoms with Gasteiger partial charge in [-0.1, -0.05) is 0 Å². The van der Waals surface area contributed by atoms with Gasteiger partial charge >= 0.3 is 5.97 Å². The zero-order valence-corrected chi connectivity index (χ0v) is 11.8. The number of hydrogen-bond donors (Lipinski definition) is 0. The second-order valence-electron chi connectivity index (χ2n) is 4.66. The summed E-state index contributed by atoms with van der Waals surface area (Å²) in [7, 11) is 3.60. The summed E-state index contributed by atoms with van der Waals surface area (Å²) in [5.74, 6) is -0.837. The van der Waals surface area contributed by atoms with E-state index >= 15 is 0 Å². The molecule has 1 aromatic carbocycles. The molecule has 0 saturated heterocycles. The van der Waals surface area contributed by atoms with Crippen LogP contribution in [0, 0.1) is 20.2 Å². The van der Waals surface area contributed by atoms with Gasteiger partial charge in [-0.25, -0.2) is 4.79 Å². The van der Waals surface area contributed by atoms with Gasteiger partial charge in [-0.15, -0.1) is 0 Å². The molecule has 0 spiro atoms. The summed E-state index contributed by atoms with van der Waals surface area (Å²) in [4.78, 5) is 33.5. The van der Waals surface area contributed by atoms with Gasteiger partial charge < -0.3 is 9.64 Å². The minimum absolute atomic E-state index is 0.0531. The summed E-state index contributed by atoms with van der Waals surface area (Å²) in [6.07, 6.45) is 0. The topological polar surface area (TPSA) is 116 Å². The zero-order chi connectivity index (χ0) is 16.2. The predicted octanol–water partition coefficient (Wildman–Crippen LogP) is 1.61. The average Bonchev–Trinajstić information content (AvgIpc) is 2.43. The zero-order valence-electron chi connectivity index (χ0n) is 11.8. The summed E-state index contributed by atoms with van der Waals surface area (Å²) in [6.45, 7) is 1.89. The number of rotatable bonds is 6. The van der Waals surface area contributed by atoms with Crippen molar-refractivity contribution in [3.63, 3.8) is 0 Å². The monoisotopic (exact) mass is 297 g/mol. The first-order valence-electron chi connectivity index (χ1n) is 5.99. The Balaban J connectivity index is 2.98. The summed E-state index contributed by atoms with van der Waals surface area (Å²) >= 11 is 0. The molecule has 0 saturated carbocycles. The number of non-ortho nitro benzene ring substituents is 2. The lowest BCUT2D eigenvalue weighted by molar-refractivity contribution is -0.394. The lowest BCUT2D eigenvalue weighted by Gasteiger charge is -2.19. The van der Waals surface area contributed by atoms with Crippen LogP contribution in [0.2, 0.25) is 0 Å². The lowest BCUT2D eigenvalue weighted by Crippen LogP contribution is -2.30. The van der Waals surface area contributed by atoms with Crippen LogP contribution in [0.15, 0.2) is 18.2 Å². The van der Waals surface area contributed by atoms with Gasteiger partial charge in [0.15, 0.2) is 0 Å². The fourth-order valence-corrected chi connectivity index (χ4v) is 1.35. The van der Waals surface area contributed by atoms with Crippen molar-refractivity contribution in [1.82, 2.24) is 4.90 Å². The number of carbonyl (C=O) groups is 1. The minimum atomic E-state index is -0.837. The molecule has 0 N–H and O–H groups in total. The molecule has 0 aromatic heterocycles. The van der Waals surface area contributed by atoms with Crippen molar-refractivity contribution in [1.29, 1.82) is 0 Å². The summed E-state index contributed by atoms with van der Waals surface area (Å²) in [5.41, 5.74) is -1.28. The predicted molar refractivity (Wildman–Crippen MR) is 73.2 cm³/mol. The number of esters is 1. The summed E-state index contributed by atoms with van der Waals surface area (Å²) in [5, 5.41) is 21.5. The molecule has 114 valence electrons. The number of nitro benzene ring substituents is 2. The van der Waals surface area contributed by atoms with Crippen LogP contribution in [-0.4, -0.2) is 47.5 Å². The third-order valence-electron chi connectivity index (χ3n) is 2.90. The Bertz CT molecular complexity index is 540. The van der Waals surface area contributed by atoms with Crippen LogP contribution in [0.5, 0.6) is 0 Å². The maximum atomic E-state index is 11.8. The Labute approximate surface area is 120 Å². The molecule has 0 amide bonds. The first-order valence-corrected chi connectivity index (χ1v) is 5.99. The number of carbonyl (C=O) groups excluding carboxylic acids is 1. The highest BCUT2D eigenvalue weighted by molar-refractivity contribution is 5.91. The third-order valence-corrected chi connectivity index (χ3v) is 2.90. The van der Waals surface area contributed by atoms with Crippen LogP contribution in [0.1, 0.15) is 17.3 Å². The van der Waals surface area contributed by atoms with E-state index in [4.69, 9.17) is 4.74 Å². The van der Waals surface area contributed by atoms with Gasteiger partial charge in [-0.2, -0.15) is 0 Å². The van der Waals surface area contributed by atoms with Gasteiger partial charge in [-0.3, -0.25) is 20.2 Å². The standard InChI is InChI=1S/C12H15N3O6/c1-8(13(2)3)7-21-12(16)9-4-10(14(17)18)6-11(5-9)15(19)20/h4-6,8H,7H2,1-3H3. The molecule has 0 bridgehead atoms. The van der Waals surface area contributed by atoms with E-state index in [1.54, 1.807) is 14.1 Å². The molecule has 1 aromatic rings. The molecule has 21 heavy (non-hydrogen) atoms. The van der Waals surface area contributed by atoms with Crippen molar-refractivity contribution in [3.8, 4) is 0 Å². The quantitative estimate of drug-likeness (QED) is 0.445. The molecule has 0 radical (unpaired) electrons. The smallest absolute Gasteiger partial charge is 0.338 e. The van der Waals surface area contributed by atoms with Gasteiger partial charge in [-0.05, 0) is 21.0 Å². The third kappa shape index (κ3) is 4.49. The number of hydrogen-bond acceptors (Lipinski definition) is 7. The molecule has 0 heterocycles. The van der Waals surface area contributed by atoms with Crippen LogP contribution in [0.4, 0.5) is 11.4 Å². The van der Waals surface area contributed by atoms with Gasteiger partial charge in [0.25, 0.3) is 11.4 Å². The van der Waals surface area contributed by atoms with Crippen molar-refractivity contribution in [2.24, 2.45) is 0 Å². The highest BCUT2D eigenvalue weighted by Gasteiger charge is 2.21. The van der Waals surface area contributed by atoms with Gasteiger partial charge in [0.2, 0.25) is 0 Å². The maximum absolute atomic E-state index is 11.8. The molecular weight excluding hydrogens is 282 g/mol. The highest BCUT2D eigenvalue weighted by Crippen LogP contribution is 2.23. The molecule has 0 aliphatic carbocycles. The van der Waals surface area contributed by atoms with Gasteiger partial charge in [0.1, 0.15) is 6.61 Å². The minimum Gasteiger partial charge on any atom is -0.460 e. The van der Waals surface area contributed by atoms with E-state index in [9.17, 15) is 25.0 Å². The van der Waals surface area contributed by atoms with Crippen molar-refractivity contribution >= 4 is 17.3 Å². The van der Waals surface area contributed by atoms with E-state index in [1.807, 2.05) is 11.8 Å². The van der Waals surface area contributed by atoms with Crippen LogP contribution in [0.3, 0.4) is 0 Å². The maximum Gasteiger partial charge on any atom is 0.338 e. The second-order valence-corrected chi connectivity index (χ2v) is 4.66.